The van der Waals surface area contributed by atoms with Gasteiger partial charge in [0.05, 0.1) is 23.1 Å². The van der Waals surface area contributed by atoms with Crippen molar-refractivity contribution < 1.29 is 32.8 Å². The molecule has 2 amide bonds. The lowest BCUT2D eigenvalue weighted by molar-refractivity contribution is -0.146. The van der Waals surface area contributed by atoms with E-state index in [-0.39, 0.29) is 29.7 Å². The van der Waals surface area contributed by atoms with Crippen LogP contribution in [0.2, 0.25) is 10.0 Å². The molecule has 1 unspecified atom stereocenters. The van der Waals surface area contributed by atoms with Crippen molar-refractivity contribution in [3.63, 3.8) is 0 Å². The van der Waals surface area contributed by atoms with Crippen molar-refractivity contribution in [2.24, 2.45) is 5.92 Å². The van der Waals surface area contributed by atoms with Gasteiger partial charge in [0, 0.05) is 11.9 Å². The van der Waals surface area contributed by atoms with E-state index < -0.39 is 42.6 Å². The van der Waals surface area contributed by atoms with Gasteiger partial charge in [0.1, 0.15) is 0 Å². The van der Waals surface area contributed by atoms with Gasteiger partial charge in [-0.3, -0.25) is 9.59 Å². The van der Waals surface area contributed by atoms with E-state index in [2.05, 4.69) is 14.9 Å². The lowest BCUT2D eigenvalue weighted by Gasteiger charge is -2.37. The number of fused-ring (bicyclic) bond motifs is 1. The summed E-state index contributed by atoms with van der Waals surface area (Å²) in [6, 6.07) is 4.42. The highest BCUT2D eigenvalue weighted by Crippen LogP contribution is 2.39. The number of hydrogen-bond donors (Lipinski definition) is 2. The van der Waals surface area contributed by atoms with E-state index >= 15 is 0 Å². The first-order valence-corrected chi connectivity index (χ1v) is 10.6. The Balaban J connectivity index is 1.72. The SMILES string of the molecule is CC(C)C[C@H](NC(=O)CNC(=O)c1cc(Cl)ccc1Cl)[B-]12OC(=O)C[O+]1[C@@H](C)C(=O)O2. The van der Waals surface area contributed by atoms with E-state index in [1.165, 1.54) is 12.1 Å². The Bertz CT molecular complexity index is 929. The van der Waals surface area contributed by atoms with Crippen molar-refractivity contribution >= 4 is 53.7 Å². The smallest absolute Gasteiger partial charge is 0.579 e. The Kier molecular flexibility index (Phi) is 6.83. The molecule has 2 aliphatic heterocycles. The van der Waals surface area contributed by atoms with Crippen LogP contribution in [0.4, 0.5) is 0 Å². The average Bonchev–Trinajstić information content (AvgIpc) is 3.13. The van der Waals surface area contributed by atoms with Crippen molar-refractivity contribution in [2.45, 2.75) is 39.2 Å². The van der Waals surface area contributed by atoms with Crippen molar-refractivity contribution in [1.29, 1.82) is 0 Å². The molecule has 0 saturated carbocycles. The van der Waals surface area contributed by atoms with Gasteiger partial charge in [-0.2, -0.15) is 0 Å². The van der Waals surface area contributed by atoms with E-state index in [0.717, 1.165) is 0 Å². The number of hydrogen-bond acceptors (Lipinski definition) is 6. The summed E-state index contributed by atoms with van der Waals surface area (Å²) in [6.45, 7) is 2.26. The lowest BCUT2D eigenvalue weighted by atomic mass is 9.65. The van der Waals surface area contributed by atoms with E-state index in [4.69, 9.17) is 32.5 Å². The Morgan fingerprint density at radius 2 is 1.97 bits per heavy atom. The van der Waals surface area contributed by atoms with Crippen LogP contribution in [0.1, 0.15) is 37.6 Å². The Labute approximate surface area is 189 Å². The van der Waals surface area contributed by atoms with Gasteiger partial charge in [-0.15, -0.1) is 0 Å². The maximum absolute atomic E-state index is 12.6. The predicted molar refractivity (Wildman–Crippen MR) is 114 cm³/mol. The van der Waals surface area contributed by atoms with E-state index in [0.29, 0.717) is 11.4 Å². The van der Waals surface area contributed by atoms with Crippen molar-refractivity contribution in [1.82, 2.24) is 10.6 Å². The second-order valence-corrected chi connectivity index (χ2v) is 8.83. The fourth-order valence-electron chi connectivity index (χ4n) is 3.80. The highest BCUT2D eigenvalue weighted by Gasteiger charge is 2.69. The van der Waals surface area contributed by atoms with Crippen LogP contribution in [-0.4, -0.2) is 55.7 Å². The molecule has 2 fully saturated rings. The summed E-state index contributed by atoms with van der Waals surface area (Å²) in [4.78, 5) is 49.1. The third-order valence-corrected chi connectivity index (χ3v) is 5.78. The van der Waals surface area contributed by atoms with E-state index in [1.807, 2.05) is 13.8 Å². The van der Waals surface area contributed by atoms with Crippen LogP contribution < -0.4 is 10.6 Å². The second kappa shape index (κ2) is 9.06. The molecular formula is C19H23BCl2N2O7. The molecule has 1 aromatic rings. The standard InChI is InChI=1S/C19H23BCl2N2O7/c1-10(2)6-15(20-29-17(26)9-31(20)11(3)19(28)30-20)24-16(25)8-23-18(27)13-7-12(21)4-5-14(13)22/h4-5,7,10-11,15H,6,8-9H2,1-3H3,(H,23,27)(H,24,25)/t11-,15-,20?/m0/s1. The van der Waals surface area contributed by atoms with E-state index in [1.54, 1.807) is 13.0 Å². The van der Waals surface area contributed by atoms with Crippen molar-refractivity contribution in [3.05, 3.63) is 33.8 Å². The molecule has 2 aliphatic rings. The van der Waals surface area contributed by atoms with Gasteiger partial charge in [-0.1, -0.05) is 37.0 Å². The summed E-state index contributed by atoms with van der Waals surface area (Å²) in [5, 5.41) is 5.74. The van der Waals surface area contributed by atoms with Gasteiger partial charge >= 0.3 is 18.7 Å². The molecule has 0 aliphatic carbocycles. The fraction of sp³-hybridized carbons (Fsp3) is 0.474. The van der Waals surface area contributed by atoms with E-state index in [9.17, 15) is 19.2 Å². The third-order valence-electron chi connectivity index (χ3n) is 5.22. The van der Waals surface area contributed by atoms with Crippen LogP contribution in [0.3, 0.4) is 0 Å². The Morgan fingerprint density at radius 1 is 1.26 bits per heavy atom. The summed E-state index contributed by atoms with van der Waals surface area (Å²) < 4.78 is 13.5. The zero-order valence-corrected chi connectivity index (χ0v) is 18.8. The van der Waals surface area contributed by atoms with Crippen LogP contribution in [0.5, 0.6) is 0 Å². The minimum atomic E-state index is -2.61. The molecule has 2 N–H and O–H groups in total. The molecule has 0 bridgehead atoms. The molecule has 0 aromatic heterocycles. The number of carbonyl (C=O) groups excluding carboxylic acids is 4. The molecule has 31 heavy (non-hydrogen) atoms. The minimum Gasteiger partial charge on any atom is -0.579 e. The van der Waals surface area contributed by atoms with Crippen LogP contribution in [-0.2, 0) is 28.0 Å². The third kappa shape index (κ3) is 4.81. The Hall–Kier alpha value is -2.30. The minimum absolute atomic E-state index is 0.0813. The number of benzene rings is 1. The number of nitrogens with one attached hydrogen (secondary N) is 2. The largest absolute Gasteiger partial charge is 0.706 e. The van der Waals surface area contributed by atoms with Crippen molar-refractivity contribution in [3.8, 4) is 0 Å². The van der Waals surface area contributed by atoms with Gasteiger partial charge in [0.15, 0.2) is 6.61 Å². The van der Waals surface area contributed by atoms with Gasteiger partial charge in [0.25, 0.3) is 5.91 Å². The predicted octanol–water partition coefficient (Wildman–Crippen LogP) is 1.79. The summed E-state index contributed by atoms with van der Waals surface area (Å²) >= 11 is 11.9. The van der Waals surface area contributed by atoms with Crippen LogP contribution in [0, 0.1) is 5.92 Å². The zero-order valence-electron chi connectivity index (χ0n) is 17.3. The first kappa shape index (κ1) is 23.4. The average molecular weight is 473 g/mol. The summed E-state index contributed by atoms with van der Waals surface area (Å²) in [5.41, 5.74) is 0.133. The maximum atomic E-state index is 12.6. The number of amides is 2. The molecule has 3 rings (SSSR count). The van der Waals surface area contributed by atoms with Crippen LogP contribution in [0.15, 0.2) is 18.2 Å². The van der Waals surface area contributed by atoms with Gasteiger partial charge < -0.3 is 24.2 Å². The molecule has 2 heterocycles. The number of halogens is 2. The monoisotopic (exact) mass is 472 g/mol. The first-order valence-electron chi connectivity index (χ1n) is 9.84. The molecule has 9 nitrogen and oxygen atoms in total. The topological polar surface area (TPSA) is 114 Å². The first-order chi connectivity index (χ1) is 14.5. The summed E-state index contributed by atoms with van der Waals surface area (Å²) in [6.07, 6.45) is -0.376. The molecule has 3 atom stereocenters. The van der Waals surface area contributed by atoms with Gasteiger partial charge in [-0.25, -0.2) is 9.59 Å². The van der Waals surface area contributed by atoms with Crippen molar-refractivity contribution in [2.75, 3.05) is 13.2 Å². The lowest BCUT2D eigenvalue weighted by Crippen LogP contribution is -2.63. The molecular weight excluding hydrogens is 450 g/mol. The maximum Gasteiger partial charge on any atom is 0.706 e. The molecule has 2 saturated heterocycles. The number of rotatable bonds is 7. The molecule has 0 spiro atoms. The number of carbonyl (C=O) groups is 4. The quantitative estimate of drug-likeness (QED) is 0.462. The normalized spacial score (nSPS) is 23.9. The molecule has 168 valence electrons. The van der Waals surface area contributed by atoms with Gasteiger partial charge in [0.2, 0.25) is 12.0 Å². The van der Waals surface area contributed by atoms with Crippen LogP contribution >= 0.6 is 23.2 Å². The molecule has 0 radical (unpaired) electrons. The Morgan fingerprint density at radius 3 is 2.65 bits per heavy atom. The van der Waals surface area contributed by atoms with Gasteiger partial charge in [-0.05, 0) is 30.5 Å². The zero-order chi connectivity index (χ0) is 22.9. The highest BCUT2D eigenvalue weighted by atomic mass is 35.5. The summed E-state index contributed by atoms with van der Waals surface area (Å²) in [5.74, 6) is -2.95. The van der Waals surface area contributed by atoms with Crippen LogP contribution in [0.25, 0.3) is 0 Å². The fourth-order valence-corrected chi connectivity index (χ4v) is 4.18. The molecule has 1 aromatic carbocycles. The highest BCUT2D eigenvalue weighted by molar-refractivity contribution is 6.69. The molecule has 12 heteroatoms. The second-order valence-electron chi connectivity index (χ2n) is 7.99. The summed E-state index contributed by atoms with van der Waals surface area (Å²) in [7, 11) is 0.